The molecule has 0 bridgehead atoms. The molecule has 2 amide bonds. The Kier molecular flexibility index (Phi) is 6.76. The molecule has 0 heterocycles. The topological polar surface area (TPSA) is 67.4 Å². The maximum atomic E-state index is 11.6. The lowest BCUT2D eigenvalue weighted by atomic mass is 10.2. The van der Waals surface area contributed by atoms with E-state index in [1.54, 1.807) is 18.2 Å². The third-order valence-corrected chi connectivity index (χ3v) is 2.77. The number of ether oxygens (including phenoxy) is 1. The van der Waals surface area contributed by atoms with Gasteiger partial charge in [-0.1, -0.05) is 23.7 Å². The molecule has 6 heteroatoms. The van der Waals surface area contributed by atoms with Gasteiger partial charge in [0.1, 0.15) is 13.2 Å². The van der Waals surface area contributed by atoms with Crippen molar-refractivity contribution >= 4 is 29.1 Å². The predicted octanol–water partition coefficient (Wildman–Crippen LogP) is 1.91. The lowest BCUT2D eigenvalue weighted by molar-refractivity contribution is -0.128. The number of halogens is 1. The predicted molar refractivity (Wildman–Crippen MR) is 78.8 cm³/mol. The van der Waals surface area contributed by atoms with E-state index in [2.05, 4.69) is 17.2 Å². The van der Waals surface area contributed by atoms with E-state index in [1.165, 1.54) is 0 Å². The van der Waals surface area contributed by atoms with Crippen LogP contribution in [0.5, 0.6) is 0 Å². The smallest absolute Gasteiger partial charge is 0.250 e. The highest BCUT2D eigenvalue weighted by atomic mass is 35.5. The van der Waals surface area contributed by atoms with Crippen LogP contribution in [-0.2, 0) is 14.3 Å². The van der Waals surface area contributed by atoms with Crippen molar-refractivity contribution in [3.05, 3.63) is 41.4 Å². The van der Waals surface area contributed by atoms with Gasteiger partial charge in [0, 0.05) is 17.3 Å². The monoisotopic (exact) mass is 296 g/mol. The van der Waals surface area contributed by atoms with E-state index >= 15 is 0 Å². The fraction of sp³-hybridized carbons (Fsp3) is 0.286. The Morgan fingerprint density at radius 3 is 2.70 bits per heavy atom. The second-order valence-corrected chi connectivity index (χ2v) is 4.50. The van der Waals surface area contributed by atoms with Gasteiger partial charge >= 0.3 is 0 Å². The Labute approximate surface area is 123 Å². The van der Waals surface area contributed by atoms with Crippen molar-refractivity contribution in [3.8, 4) is 0 Å². The van der Waals surface area contributed by atoms with E-state index in [0.717, 1.165) is 5.56 Å². The molecule has 0 aliphatic heterocycles. The SMILES string of the molecule is C=CCNC(=O)COCC(=O)Nc1ccc(C)c(Cl)c1. The molecule has 2 N–H and O–H groups in total. The van der Waals surface area contributed by atoms with Crippen molar-refractivity contribution in [2.45, 2.75) is 6.92 Å². The molecule has 5 nitrogen and oxygen atoms in total. The van der Waals surface area contributed by atoms with Gasteiger partial charge in [0.15, 0.2) is 0 Å². The van der Waals surface area contributed by atoms with Gasteiger partial charge in [0.2, 0.25) is 11.8 Å². The largest absolute Gasteiger partial charge is 0.362 e. The van der Waals surface area contributed by atoms with Crippen molar-refractivity contribution < 1.29 is 14.3 Å². The molecule has 1 aromatic carbocycles. The first-order chi connectivity index (χ1) is 9.52. The van der Waals surface area contributed by atoms with Crippen molar-refractivity contribution in [2.75, 3.05) is 25.1 Å². The lowest BCUT2D eigenvalue weighted by Crippen LogP contribution is -2.29. The van der Waals surface area contributed by atoms with E-state index in [4.69, 9.17) is 16.3 Å². The second kappa shape index (κ2) is 8.35. The van der Waals surface area contributed by atoms with E-state index < -0.39 is 0 Å². The van der Waals surface area contributed by atoms with Crippen LogP contribution in [0.1, 0.15) is 5.56 Å². The normalized spacial score (nSPS) is 9.90. The van der Waals surface area contributed by atoms with E-state index in [1.807, 2.05) is 13.0 Å². The molecule has 0 spiro atoms. The Morgan fingerprint density at radius 2 is 2.05 bits per heavy atom. The molecule has 108 valence electrons. The molecule has 0 fully saturated rings. The summed E-state index contributed by atoms with van der Waals surface area (Å²) in [5, 5.41) is 5.75. The molecule has 0 aromatic heterocycles. The van der Waals surface area contributed by atoms with Crippen LogP contribution in [0.25, 0.3) is 0 Å². The zero-order chi connectivity index (χ0) is 15.0. The van der Waals surface area contributed by atoms with Crippen LogP contribution in [0.3, 0.4) is 0 Å². The van der Waals surface area contributed by atoms with Gasteiger partial charge < -0.3 is 15.4 Å². The first-order valence-corrected chi connectivity index (χ1v) is 6.42. The fourth-order valence-corrected chi connectivity index (χ4v) is 1.52. The van der Waals surface area contributed by atoms with Crippen LogP contribution in [0.4, 0.5) is 5.69 Å². The minimum absolute atomic E-state index is 0.171. The summed E-state index contributed by atoms with van der Waals surface area (Å²) < 4.78 is 4.99. The first-order valence-electron chi connectivity index (χ1n) is 6.04. The van der Waals surface area contributed by atoms with Crippen LogP contribution in [-0.4, -0.2) is 31.6 Å². The van der Waals surface area contributed by atoms with Crippen molar-refractivity contribution in [3.63, 3.8) is 0 Å². The number of carbonyl (C=O) groups is 2. The number of aryl methyl sites for hydroxylation is 1. The van der Waals surface area contributed by atoms with Crippen LogP contribution in [0.2, 0.25) is 5.02 Å². The molecular weight excluding hydrogens is 280 g/mol. The summed E-state index contributed by atoms with van der Waals surface area (Å²) in [7, 11) is 0. The zero-order valence-corrected chi connectivity index (χ0v) is 12.0. The Bertz CT molecular complexity index is 503. The summed E-state index contributed by atoms with van der Waals surface area (Å²) >= 11 is 5.95. The molecule has 0 aliphatic rings. The van der Waals surface area contributed by atoms with Crippen molar-refractivity contribution in [1.29, 1.82) is 0 Å². The standard InChI is InChI=1S/C14H17ClN2O3/c1-3-6-16-13(18)8-20-9-14(19)17-11-5-4-10(2)12(15)7-11/h3-5,7H,1,6,8-9H2,2H3,(H,16,18)(H,17,19). The first kappa shape index (κ1) is 16.2. The van der Waals surface area contributed by atoms with Crippen LogP contribution in [0, 0.1) is 6.92 Å². The third kappa shape index (κ3) is 5.86. The van der Waals surface area contributed by atoms with Gasteiger partial charge in [0.25, 0.3) is 0 Å². The minimum Gasteiger partial charge on any atom is -0.362 e. The average molecular weight is 297 g/mol. The summed E-state index contributed by atoms with van der Waals surface area (Å²) in [6.07, 6.45) is 1.56. The summed E-state index contributed by atoms with van der Waals surface area (Å²) in [5.74, 6) is -0.641. The number of nitrogens with one attached hydrogen (secondary N) is 2. The molecule has 0 atom stereocenters. The molecule has 1 rings (SSSR count). The molecule has 1 aromatic rings. The average Bonchev–Trinajstić information content (AvgIpc) is 2.40. The van der Waals surface area contributed by atoms with Crippen molar-refractivity contribution in [2.24, 2.45) is 0 Å². The van der Waals surface area contributed by atoms with Crippen LogP contribution < -0.4 is 10.6 Å². The molecule has 0 radical (unpaired) electrons. The van der Waals surface area contributed by atoms with Gasteiger partial charge in [-0.2, -0.15) is 0 Å². The molecule has 0 saturated carbocycles. The molecule has 0 unspecified atom stereocenters. The van der Waals surface area contributed by atoms with Crippen LogP contribution >= 0.6 is 11.6 Å². The zero-order valence-electron chi connectivity index (χ0n) is 11.2. The second-order valence-electron chi connectivity index (χ2n) is 4.10. The highest BCUT2D eigenvalue weighted by Crippen LogP contribution is 2.19. The number of hydrogen-bond donors (Lipinski definition) is 2. The van der Waals surface area contributed by atoms with Gasteiger partial charge in [0.05, 0.1) is 0 Å². The maximum absolute atomic E-state index is 11.6. The quantitative estimate of drug-likeness (QED) is 0.755. The van der Waals surface area contributed by atoms with Crippen LogP contribution in [0.15, 0.2) is 30.9 Å². The molecule has 0 aliphatic carbocycles. The van der Waals surface area contributed by atoms with Crippen molar-refractivity contribution in [1.82, 2.24) is 5.32 Å². The highest BCUT2D eigenvalue weighted by molar-refractivity contribution is 6.31. The van der Waals surface area contributed by atoms with E-state index in [9.17, 15) is 9.59 Å². The lowest BCUT2D eigenvalue weighted by Gasteiger charge is -2.07. The summed E-state index contributed by atoms with van der Waals surface area (Å²) in [6, 6.07) is 5.21. The molecular formula is C14H17ClN2O3. The third-order valence-electron chi connectivity index (χ3n) is 2.37. The highest BCUT2D eigenvalue weighted by Gasteiger charge is 2.06. The Balaban J connectivity index is 2.31. The van der Waals surface area contributed by atoms with Gasteiger partial charge in [-0.15, -0.1) is 6.58 Å². The number of rotatable bonds is 7. The van der Waals surface area contributed by atoms with Gasteiger partial charge in [-0.05, 0) is 24.6 Å². The minimum atomic E-state index is -0.346. The summed E-state index contributed by atoms with van der Waals surface area (Å²) in [4.78, 5) is 22.8. The number of anilines is 1. The Hall–Kier alpha value is -1.85. The maximum Gasteiger partial charge on any atom is 0.250 e. The number of carbonyl (C=O) groups excluding carboxylic acids is 2. The van der Waals surface area contributed by atoms with E-state index in [-0.39, 0.29) is 25.0 Å². The summed E-state index contributed by atoms with van der Waals surface area (Å²) in [5.41, 5.74) is 1.52. The number of amides is 2. The van der Waals surface area contributed by atoms with Gasteiger partial charge in [-0.25, -0.2) is 0 Å². The molecule has 20 heavy (non-hydrogen) atoms. The molecule has 0 saturated heterocycles. The number of hydrogen-bond acceptors (Lipinski definition) is 3. The number of benzene rings is 1. The van der Waals surface area contributed by atoms with Gasteiger partial charge in [-0.3, -0.25) is 9.59 Å². The van der Waals surface area contributed by atoms with E-state index in [0.29, 0.717) is 17.3 Å². The summed E-state index contributed by atoms with van der Waals surface area (Å²) in [6.45, 7) is 5.34. The fourth-order valence-electron chi connectivity index (χ4n) is 1.34. The Morgan fingerprint density at radius 1 is 1.35 bits per heavy atom.